The smallest absolute Gasteiger partial charge is 0.108 e. The van der Waals surface area contributed by atoms with E-state index in [2.05, 4.69) is 0 Å². The van der Waals surface area contributed by atoms with Crippen molar-refractivity contribution in [3.63, 3.8) is 0 Å². The molecule has 0 saturated carbocycles. The summed E-state index contributed by atoms with van der Waals surface area (Å²) in [6.07, 6.45) is 4.07. The summed E-state index contributed by atoms with van der Waals surface area (Å²) >= 11 is 5.91. The monoisotopic (exact) mass is 232 g/mol. The van der Waals surface area contributed by atoms with Crippen molar-refractivity contribution in [2.75, 3.05) is 0 Å². The van der Waals surface area contributed by atoms with Gasteiger partial charge in [-0.1, -0.05) is 35.9 Å². The topological polar surface area (TPSA) is 13.1 Å². The van der Waals surface area contributed by atoms with Gasteiger partial charge in [-0.25, -0.2) is 0 Å². The average molecular weight is 233 g/mol. The molecular formula is C14H13ClO. The van der Waals surface area contributed by atoms with Crippen LogP contribution in [0.15, 0.2) is 34.7 Å². The van der Waals surface area contributed by atoms with Crippen LogP contribution < -0.4 is 0 Å². The molecule has 0 saturated heterocycles. The van der Waals surface area contributed by atoms with Crippen LogP contribution in [-0.4, -0.2) is 0 Å². The van der Waals surface area contributed by atoms with Crippen LogP contribution in [0, 0.1) is 13.8 Å². The van der Waals surface area contributed by atoms with E-state index in [1.807, 2.05) is 56.3 Å². The summed E-state index contributed by atoms with van der Waals surface area (Å²) in [5.41, 5.74) is 2.20. The first kappa shape index (κ1) is 11.0. The summed E-state index contributed by atoms with van der Waals surface area (Å²) < 4.78 is 5.45. The highest BCUT2D eigenvalue weighted by Gasteiger charge is 2.00. The molecule has 1 nitrogen and oxygen atoms in total. The quantitative estimate of drug-likeness (QED) is 0.730. The lowest BCUT2D eigenvalue weighted by Crippen LogP contribution is -1.72. The number of rotatable bonds is 2. The van der Waals surface area contributed by atoms with Gasteiger partial charge >= 0.3 is 0 Å². The standard InChI is InChI=1S/C14H13ClO/c1-10-8-13(11(2)16-10)7-6-12-4-3-5-14(15)9-12/h3-9H,1-2H3/b7-6+. The van der Waals surface area contributed by atoms with Gasteiger partial charge in [-0.2, -0.15) is 0 Å². The Labute approximate surface area is 100 Å². The lowest BCUT2D eigenvalue weighted by molar-refractivity contribution is 0.504. The van der Waals surface area contributed by atoms with Crippen molar-refractivity contribution in [3.05, 3.63) is 58.0 Å². The molecule has 0 aliphatic carbocycles. The van der Waals surface area contributed by atoms with Crippen LogP contribution in [0.5, 0.6) is 0 Å². The second-order valence-electron chi connectivity index (χ2n) is 3.76. The van der Waals surface area contributed by atoms with Gasteiger partial charge in [-0.05, 0) is 37.6 Å². The Morgan fingerprint density at radius 3 is 2.56 bits per heavy atom. The van der Waals surface area contributed by atoms with E-state index in [1.165, 1.54) is 0 Å². The molecule has 0 amide bonds. The summed E-state index contributed by atoms with van der Waals surface area (Å²) in [7, 11) is 0. The maximum Gasteiger partial charge on any atom is 0.108 e. The molecule has 82 valence electrons. The first-order chi connectivity index (χ1) is 7.65. The summed E-state index contributed by atoms with van der Waals surface area (Å²) in [4.78, 5) is 0. The van der Waals surface area contributed by atoms with Gasteiger partial charge in [0.05, 0.1) is 0 Å². The fourth-order valence-electron chi connectivity index (χ4n) is 1.61. The highest BCUT2D eigenvalue weighted by atomic mass is 35.5. The summed E-state index contributed by atoms with van der Waals surface area (Å²) in [5, 5.41) is 0.752. The van der Waals surface area contributed by atoms with Gasteiger partial charge in [0.1, 0.15) is 11.5 Å². The molecule has 1 heterocycles. The molecule has 2 rings (SSSR count). The van der Waals surface area contributed by atoms with Gasteiger partial charge in [0.25, 0.3) is 0 Å². The second-order valence-corrected chi connectivity index (χ2v) is 4.19. The fraction of sp³-hybridized carbons (Fsp3) is 0.143. The number of aryl methyl sites for hydroxylation is 2. The molecule has 0 unspecified atom stereocenters. The average Bonchev–Trinajstić information content (AvgIpc) is 2.54. The summed E-state index contributed by atoms with van der Waals surface area (Å²) in [5.74, 6) is 1.87. The maximum absolute atomic E-state index is 5.91. The van der Waals surface area contributed by atoms with Crippen LogP contribution in [0.3, 0.4) is 0 Å². The fourth-order valence-corrected chi connectivity index (χ4v) is 1.81. The van der Waals surface area contributed by atoms with Crippen LogP contribution in [-0.2, 0) is 0 Å². The Balaban J connectivity index is 2.24. The molecule has 2 aromatic rings. The third kappa shape index (κ3) is 2.56. The van der Waals surface area contributed by atoms with Gasteiger partial charge in [0.2, 0.25) is 0 Å². The summed E-state index contributed by atoms with van der Waals surface area (Å²) in [6.45, 7) is 3.91. The predicted molar refractivity (Wildman–Crippen MR) is 68.6 cm³/mol. The van der Waals surface area contributed by atoms with E-state index in [0.717, 1.165) is 27.7 Å². The zero-order chi connectivity index (χ0) is 11.5. The van der Waals surface area contributed by atoms with Crippen molar-refractivity contribution in [1.82, 2.24) is 0 Å². The molecule has 0 bridgehead atoms. The number of hydrogen-bond acceptors (Lipinski definition) is 1. The first-order valence-electron chi connectivity index (χ1n) is 5.16. The van der Waals surface area contributed by atoms with E-state index in [4.69, 9.17) is 16.0 Å². The van der Waals surface area contributed by atoms with E-state index in [-0.39, 0.29) is 0 Å². The van der Waals surface area contributed by atoms with Crippen molar-refractivity contribution in [1.29, 1.82) is 0 Å². The van der Waals surface area contributed by atoms with Crippen LogP contribution in [0.1, 0.15) is 22.6 Å². The van der Waals surface area contributed by atoms with E-state index in [9.17, 15) is 0 Å². The third-order valence-corrected chi connectivity index (χ3v) is 2.62. The van der Waals surface area contributed by atoms with E-state index in [1.54, 1.807) is 0 Å². The molecule has 0 N–H and O–H groups in total. The zero-order valence-corrected chi connectivity index (χ0v) is 10.1. The minimum atomic E-state index is 0.752. The van der Waals surface area contributed by atoms with Gasteiger partial charge in [-0.15, -0.1) is 0 Å². The number of furan rings is 1. The molecule has 1 aromatic carbocycles. The van der Waals surface area contributed by atoms with Crippen molar-refractivity contribution in [2.24, 2.45) is 0 Å². The van der Waals surface area contributed by atoms with Crippen molar-refractivity contribution in [2.45, 2.75) is 13.8 Å². The van der Waals surface area contributed by atoms with Gasteiger partial charge < -0.3 is 4.42 Å². The Kier molecular flexibility index (Phi) is 3.16. The molecule has 0 radical (unpaired) electrons. The minimum absolute atomic E-state index is 0.752. The molecular weight excluding hydrogens is 220 g/mol. The summed E-state index contributed by atoms with van der Waals surface area (Å²) in [6, 6.07) is 9.78. The highest BCUT2D eigenvalue weighted by molar-refractivity contribution is 6.30. The molecule has 0 spiro atoms. The van der Waals surface area contributed by atoms with Gasteiger partial charge in [0, 0.05) is 10.6 Å². The van der Waals surface area contributed by atoms with Crippen molar-refractivity contribution in [3.8, 4) is 0 Å². The lowest BCUT2D eigenvalue weighted by Gasteiger charge is -1.93. The number of hydrogen-bond donors (Lipinski definition) is 0. The van der Waals surface area contributed by atoms with Gasteiger partial charge in [-0.3, -0.25) is 0 Å². The Morgan fingerprint density at radius 2 is 1.94 bits per heavy atom. The van der Waals surface area contributed by atoms with E-state index in [0.29, 0.717) is 0 Å². The van der Waals surface area contributed by atoms with E-state index >= 15 is 0 Å². The third-order valence-electron chi connectivity index (χ3n) is 2.38. The zero-order valence-electron chi connectivity index (χ0n) is 9.33. The molecule has 0 fully saturated rings. The van der Waals surface area contributed by atoms with Crippen LogP contribution in [0.25, 0.3) is 12.2 Å². The predicted octanol–water partition coefficient (Wildman–Crippen LogP) is 4.72. The second kappa shape index (κ2) is 4.58. The molecule has 0 aliphatic heterocycles. The normalized spacial score (nSPS) is 11.2. The van der Waals surface area contributed by atoms with Crippen molar-refractivity contribution >= 4 is 23.8 Å². The molecule has 0 aliphatic rings. The first-order valence-corrected chi connectivity index (χ1v) is 5.53. The highest BCUT2D eigenvalue weighted by Crippen LogP contribution is 2.18. The lowest BCUT2D eigenvalue weighted by atomic mass is 10.1. The Morgan fingerprint density at radius 1 is 1.12 bits per heavy atom. The largest absolute Gasteiger partial charge is 0.466 e. The molecule has 1 aromatic heterocycles. The minimum Gasteiger partial charge on any atom is -0.466 e. The maximum atomic E-state index is 5.91. The SMILES string of the molecule is Cc1cc(/C=C/c2cccc(Cl)c2)c(C)o1. The Bertz CT molecular complexity index is 523. The van der Waals surface area contributed by atoms with Crippen LogP contribution in [0.2, 0.25) is 5.02 Å². The van der Waals surface area contributed by atoms with Crippen LogP contribution >= 0.6 is 11.6 Å². The molecule has 0 atom stereocenters. The molecule has 16 heavy (non-hydrogen) atoms. The number of benzene rings is 1. The Hall–Kier alpha value is -1.47. The van der Waals surface area contributed by atoms with Crippen LogP contribution in [0.4, 0.5) is 0 Å². The van der Waals surface area contributed by atoms with Gasteiger partial charge in [0.15, 0.2) is 0 Å². The van der Waals surface area contributed by atoms with Crippen molar-refractivity contribution < 1.29 is 4.42 Å². The van der Waals surface area contributed by atoms with E-state index < -0.39 is 0 Å². The number of halogens is 1. The molecule has 2 heteroatoms.